The van der Waals surface area contributed by atoms with E-state index in [1.54, 1.807) is 26.8 Å². The van der Waals surface area contributed by atoms with Crippen LogP contribution in [0.3, 0.4) is 0 Å². The molecule has 0 radical (unpaired) electrons. The minimum absolute atomic E-state index is 0.0764. The standard InChI is InChI=1S/C17H29F2N3O3/c1-15(2,3)25-14(24)22-12-17(18,19)10-16(22,4)11-20-13(23)8-7-9-21(5)6/h7-8H,9-12H2,1-6H3,(H,20,23)/b8-7+. The van der Waals surface area contributed by atoms with Gasteiger partial charge in [0.05, 0.1) is 12.1 Å². The van der Waals surface area contributed by atoms with Crippen molar-refractivity contribution in [2.75, 3.05) is 33.7 Å². The second-order valence-corrected chi connectivity index (χ2v) is 7.98. The SMILES string of the molecule is CN(C)C/C=C/C(=O)NCC1(C)CC(F)(F)CN1C(=O)OC(C)(C)C. The predicted octanol–water partition coefficient (Wildman–Crippen LogP) is 2.26. The largest absolute Gasteiger partial charge is 0.444 e. The Hall–Kier alpha value is -1.70. The van der Waals surface area contributed by atoms with Gasteiger partial charge in [-0.25, -0.2) is 13.6 Å². The Labute approximate surface area is 148 Å². The zero-order valence-corrected chi connectivity index (χ0v) is 15.9. The molecule has 0 bridgehead atoms. The van der Waals surface area contributed by atoms with E-state index < -0.39 is 36.1 Å². The van der Waals surface area contributed by atoms with Crippen LogP contribution >= 0.6 is 0 Å². The fraction of sp³-hybridized carbons (Fsp3) is 0.765. The molecule has 1 heterocycles. The van der Waals surface area contributed by atoms with Crippen LogP contribution in [0.15, 0.2) is 12.2 Å². The third-order valence-corrected chi connectivity index (χ3v) is 3.68. The van der Waals surface area contributed by atoms with E-state index in [0.717, 1.165) is 4.90 Å². The number of hydrogen-bond acceptors (Lipinski definition) is 4. The number of hydrogen-bond donors (Lipinski definition) is 1. The van der Waals surface area contributed by atoms with Crippen molar-refractivity contribution in [2.24, 2.45) is 0 Å². The smallest absolute Gasteiger partial charge is 0.411 e. The highest BCUT2D eigenvalue weighted by molar-refractivity contribution is 5.87. The summed E-state index contributed by atoms with van der Waals surface area (Å²) in [5.41, 5.74) is -2.00. The molecule has 0 saturated carbocycles. The molecular formula is C17H29F2N3O3. The van der Waals surface area contributed by atoms with Gasteiger partial charge in [0.15, 0.2) is 0 Å². The molecule has 1 N–H and O–H groups in total. The molecule has 1 fully saturated rings. The van der Waals surface area contributed by atoms with Crippen LogP contribution in [0.5, 0.6) is 0 Å². The van der Waals surface area contributed by atoms with E-state index in [0.29, 0.717) is 6.54 Å². The fourth-order valence-corrected chi connectivity index (χ4v) is 2.60. The van der Waals surface area contributed by atoms with Crippen LogP contribution < -0.4 is 5.32 Å². The second kappa shape index (κ2) is 7.68. The molecule has 6 nitrogen and oxygen atoms in total. The molecule has 2 amide bonds. The molecule has 1 rings (SSSR count). The molecule has 0 aromatic heterocycles. The normalized spacial score (nSPS) is 23.3. The molecule has 1 saturated heterocycles. The summed E-state index contributed by atoms with van der Waals surface area (Å²) < 4.78 is 33.1. The maximum absolute atomic E-state index is 13.9. The maximum atomic E-state index is 13.9. The van der Waals surface area contributed by atoms with Crippen molar-refractivity contribution in [2.45, 2.75) is 51.2 Å². The average molecular weight is 361 g/mol. The fourth-order valence-electron chi connectivity index (χ4n) is 2.60. The summed E-state index contributed by atoms with van der Waals surface area (Å²) in [6.45, 7) is 6.35. The summed E-state index contributed by atoms with van der Waals surface area (Å²) in [5, 5.41) is 2.60. The lowest BCUT2D eigenvalue weighted by Gasteiger charge is -2.35. The second-order valence-electron chi connectivity index (χ2n) is 7.98. The number of likely N-dealkylation sites (N-methyl/N-ethyl adjacent to an activating group) is 1. The van der Waals surface area contributed by atoms with Gasteiger partial charge < -0.3 is 15.0 Å². The number of halogens is 2. The van der Waals surface area contributed by atoms with Crippen molar-refractivity contribution in [3.8, 4) is 0 Å². The van der Waals surface area contributed by atoms with E-state index in [2.05, 4.69) is 5.32 Å². The lowest BCUT2D eigenvalue weighted by Crippen LogP contribution is -2.53. The summed E-state index contributed by atoms with van der Waals surface area (Å²) in [6.07, 6.45) is 1.70. The first-order chi connectivity index (χ1) is 11.2. The van der Waals surface area contributed by atoms with E-state index in [-0.39, 0.29) is 12.5 Å². The molecule has 1 unspecified atom stereocenters. The van der Waals surface area contributed by atoms with E-state index in [1.807, 2.05) is 19.0 Å². The summed E-state index contributed by atoms with van der Waals surface area (Å²) in [7, 11) is 3.73. The minimum Gasteiger partial charge on any atom is -0.444 e. The molecule has 0 aromatic rings. The van der Waals surface area contributed by atoms with Gasteiger partial charge in [-0.2, -0.15) is 0 Å². The topological polar surface area (TPSA) is 61.9 Å². The van der Waals surface area contributed by atoms with Crippen molar-refractivity contribution in [1.82, 2.24) is 15.1 Å². The Balaban J connectivity index is 2.77. The lowest BCUT2D eigenvalue weighted by molar-refractivity contribution is -0.117. The van der Waals surface area contributed by atoms with Gasteiger partial charge in [-0.15, -0.1) is 0 Å². The highest BCUT2D eigenvalue weighted by atomic mass is 19.3. The first kappa shape index (κ1) is 21.3. The van der Waals surface area contributed by atoms with E-state index in [4.69, 9.17) is 4.74 Å². The maximum Gasteiger partial charge on any atom is 0.411 e. The number of likely N-dealkylation sites (tertiary alicyclic amines) is 1. The molecular weight excluding hydrogens is 332 g/mol. The number of rotatable bonds is 5. The molecule has 0 aromatic carbocycles. The number of nitrogens with zero attached hydrogens (tertiary/aromatic N) is 2. The first-order valence-corrected chi connectivity index (χ1v) is 8.22. The molecule has 1 atom stereocenters. The van der Waals surface area contributed by atoms with E-state index in [1.165, 1.54) is 13.0 Å². The van der Waals surface area contributed by atoms with Crippen molar-refractivity contribution >= 4 is 12.0 Å². The number of alkyl halides is 2. The van der Waals surface area contributed by atoms with Gasteiger partial charge >= 0.3 is 6.09 Å². The van der Waals surface area contributed by atoms with Crippen molar-refractivity contribution in [1.29, 1.82) is 0 Å². The average Bonchev–Trinajstić information content (AvgIpc) is 2.65. The summed E-state index contributed by atoms with van der Waals surface area (Å²) in [4.78, 5) is 27.0. The van der Waals surface area contributed by atoms with E-state index >= 15 is 0 Å². The van der Waals surface area contributed by atoms with Crippen LogP contribution in [0, 0.1) is 0 Å². The third kappa shape index (κ3) is 6.97. The predicted molar refractivity (Wildman–Crippen MR) is 91.6 cm³/mol. The Morgan fingerprint density at radius 1 is 1.32 bits per heavy atom. The molecule has 0 spiro atoms. The zero-order chi connectivity index (χ0) is 19.5. The van der Waals surface area contributed by atoms with Crippen molar-refractivity contribution in [3.63, 3.8) is 0 Å². The quantitative estimate of drug-likeness (QED) is 0.763. The number of carbonyl (C=O) groups is 2. The Bertz CT molecular complexity index is 530. The van der Waals surface area contributed by atoms with Crippen molar-refractivity contribution in [3.05, 3.63) is 12.2 Å². The molecule has 1 aliphatic heterocycles. The third-order valence-electron chi connectivity index (χ3n) is 3.68. The molecule has 1 aliphatic rings. The summed E-state index contributed by atoms with van der Waals surface area (Å²) in [6, 6.07) is 0. The molecule has 8 heteroatoms. The number of carbonyl (C=O) groups excluding carboxylic acids is 2. The minimum atomic E-state index is -3.02. The van der Waals surface area contributed by atoms with Crippen LogP contribution in [0.4, 0.5) is 13.6 Å². The Kier molecular flexibility index (Phi) is 6.55. The van der Waals surface area contributed by atoms with Gasteiger partial charge in [-0.05, 0) is 41.8 Å². The van der Waals surface area contributed by atoms with Crippen LogP contribution in [-0.2, 0) is 9.53 Å². The van der Waals surface area contributed by atoms with Gasteiger partial charge in [-0.1, -0.05) is 6.08 Å². The highest BCUT2D eigenvalue weighted by Crippen LogP contribution is 2.39. The van der Waals surface area contributed by atoms with E-state index in [9.17, 15) is 18.4 Å². The summed E-state index contributed by atoms with van der Waals surface area (Å²) in [5.74, 6) is -3.40. The molecule has 25 heavy (non-hydrogen) atoms. The zero-order valence-electron chi connectivity index (χ0n) is 15.9. The number of nitrogens with one attached hydrogen (secondary N) is 1. The van der Waals surface area contributed by atoms with Gasteiger partial charge in [0.1, 0.15) is 5.60 Å². The Morgan fingerprint density at radius 2 is 1.92 bits per heavy atom. The van der Waals surface area contributed by atoms with Gasteiger partial charge in [-0.3, -0.25) is 9.69 Å². The van der Waals surface area contributed by atoms with Gasteiger partial charge in [0.2, 0.25) is 5.91 Å². The van der Waals surface area contributed by atoms with Crippen molar-refractivity contribution < 1.29 is 23.1 Å². The van der Waals surface area contributed by atoms with Gasteiger partial charge in [0.25, 0.3) is 5.92 Å². The van der Waals surface area contributed by atoms with Crippen LogP contribution in [0.1, 0.15) is 34.1 Å². The molecule has 144 valence electrons. The van der Waals surface area contributed by atoms with Gasteiger partial charge in [0, 0.05) is 25.6 Å². The lowest BCUT2D eigenvalue weighted by atomic mass is 9.98. The Morgan fingerprint density at radius 3 is 2.44 bits per heavy atom. The van der Waals surface area contributed by atoms with Crippen LogP contribution in [0.2, 0.25) is 0 Å². The molecule has 0 aliphatic carbocycles. The van der Waals surface area contributed by atoms with Crippen LogP contribution in [-0.4, -0.2) is 72.6 Å². The number of amides is 2. The highest BCUT2D eigenvalue weighted by Gasteiger charge is 2.55. The monoisotopic (exact) mass is 361 g/mol. The summed E-state index contributed by atoms with van der Waals surface area (Å²) >= 11 is 0. The van der Waals surface area contributed by atoms with Crippen LogP contribution in [0.25, 0.3) is 0 Å². The number of ether oxygens (including phenoxy) is 1. The first-order valence-electron chi connectivity index (χ1n) is 8.22.